The maximum atomic E-state index is 13.4. The van der Waals surface area contributed by atoms with Crippen LogP contribution in [0.1, 0.15) is 39.2 Å². The molecule has 2 aromatic heterocycles. The van der Waals surface area contributed by atoms with Gasteiger partial charge in [0.25, 0.3) is 5.56 Å². The maximum Gasteiger partial charge on any atom is 0.337 e. The number of nitrogens with zero attached hydrogens (tertiary/aromatic N) is 4. The molecule has 0 aliphatic rings. The van der Waals surface area contributed by atoms with E-state index in [4.69, 9.17) is 4.74 Å². The molecular weight excluding hydrogens is 416 g/mol. The highest BCUT2D eigenvalue weighted by Crippen LogP contribution is 2.18. The van der Waals surface area contributed by atoms with Crippen molar-refractivity contribution < 1.29 is 4.74 Å². The van der Waals surface area contributed by atoms with E-state index in [1.165, 1.54) is 14.7 Å². The van der Waals surface area contributed by atoms with Gasteiger partial charge in [-0.3, -0.25) is 9.36 Å². The minimum atomic E-state index is -0.371. The highest BCUT2D eigenvalue weighted by atomic mass is 16.5. The molecule has 0 atom stereocenters. The van der Waals surface area contributed by atoms with Crippen molar-refractivity contribution in [3.8, 4) is 11.4 Å². The smallest absolute Gasteiger partial charge is 0.337 e. The van der Waals surface area contributed by atoms with E-state index >= 15 is 0 Å². The number of imidazole rings is 1. The van der Waals surface area contributed by atoms with Crippen LogP contribution in [0.3, 0.4) is 0 Å². The first kappa shape index (κ1) is 22.6. The summed E-state index contributed by atoms with van der Waals surface area (Å²) in [7, 11) is 0. The topological polar surface area (TPSA) is 71.0 Å². The van der Waals surface area contributed by atoms with E-state index in [9.17, 15) is 9.59 Å². The molecule has 172 valence electrons. The lowest BCUT2D eigenvalue weighted by Gasteiger charge is -2.15. The van der Waals surface area contributed by atoms with Crippen molar-refractivity contribution in [1.82, 2.24) is 18.7 Å². The predicted molar refractivity (Wildman–Crippen MR) is 130 cm³/mol. The molecule has 0 unspecified atom stereocenters. The molecule has 33 heavy (non-hydrogen) atoms. The minimum Gasteiger partial charge on any atom is -0.492 e. The first-order valence-corrected chi connectivity index (χ1v) is 11.4. The van der Waals surface area contributed by atoms with E-state index < -0.39 is 0 Å². The Kier molecular flexibility index (Phi) is 6.49. The van der Waals surface area contributed by atoms with Crippen LogP contribution < -0.4 is 16.0 Å². The van der Waals surface area contributed by atoms with Crippen LogP contribution in [0.5, 0.6) is 5.75 Å². The van der Waals surface area contributed by atoms with E-state index in [-0.39, 0.29) is 17.2 Å². The fraction of sp³-hybridized carbons (Fsp3) is 0.346. The summed E-state index contributed by atoms with van der Waals surface area (Å²) in [5.41, 5.74) is 1.95. The van der Waals surface area contributed by atoms with E-state index in [2.05, 4.69) is 18.8 Å². The number of hydrogen-bond acceptors (Lipinski definition) is 4. The number of fused-ring (bicyclic) bond motifs is 1. The van der Waals surface area contributed by atoms with Crippen molar-refractivity contribution in [2.45, 2.75) is 46.7 Å². The number of rotatable bonds is 8. The van der Waals surface area contributed by atoms with Crippen molar-refractivity contribution in [3.63, 3.8) is 0 Å². The molecule has 2 heterocycles. The molecule has 0 N–H and O–H groups in total. The van der Waals surface area contributed by atoms with Gasteiger partial charge in [0, 0.05) is 6.54 Å². The quantitative estimate of drug-likeness (QED) is 0.407. The molecule has 0 aliphatic heterocycles. The van der Waals surface area contributed by atoms with Gasteiger partial charge in [0.2, 0.25) is 0 Å². The summed E-state index contributed by atoms with van der Waals surface area (Å²) in [5, 5.41) is 0. The third-order valence-electron chi connectivity index (χ3n) is 5.61. The van der Waals surface area contributed by atoms with E-state index in [1.807, 2.05) is 68.4 Å². The van der Waals surface area contributed by atoms with Crippen LogP contribution in [-0.4, -0.2) is 25.3 Å². The summed E-state index contributed by atoms with van der Waals surface area (Å²) >= 11 is 0. The SMILES string of the molecule is CC(C)Cn1c(=O)c2c(ncn2CCOc2ccccc2)n(-c2ccc(C(C)C)cc2)c1=O. The zero-order chi connectivity index (χ0) is 23.5. The summed E-state index contributed by atoms with van der Waals surface area (Å²) in [6.07, 6.45) is 1.61. The van der Waals surface area contributed by atoms with Crippen molar-refractivity contribution in [2.24, 2.45) is 5.92 Å². The average molecular weight is 447 g/mol. The van der Waals surface area contributed by atoms with Gasteiger partial charge in [-0.2, -0.15) is 0 Å². The Hall–Kier alpha value is -3.61. The normalized spacial score (nSPS) is 11.6. The van der Waals surface area contributed by atoms with E-state index in [0.717, 1.165) is 5.75 Å². The zero-order valence-corrected chi connectivity index (χ0v) is 19.6. The number of hydrogen-bond donors (Lipinski definition) is 0. The molecule has 7 heteroatoms. The van der Waals surface area contributed by atoms with Crippen LogP contribution in [0.2, 0.25) is 0 Å². The molecule has 0 aliphatic carbocycles. The van der Waals surface area contributed by atoms with Gasteiger partial charge in [-0.1, -0.05) is 58.0 Å². The van der Waals surface area contributed by atoms with Crippen molar-refractivity contribution in [2.75, 3.05) is 6.61 Å². The third-order valence-corrected chi connectivity index (χ3v) is 5.61. The molecule has 0 saturated carbocycles. The number of ether oxygens (including phenoxy) is 1. The Labute approximate surface area is 192 Å². The van der Waals surface area contributed by atoms with E-state index in [1.54, 1.807) is 10.9 Å². The molecule has 0 amide bonds. The first-order chi connectivity index (χ1) is 15.9. The maximum absolute atomic E-state index is 13.4. The van der Waals surface area contributed by atoms with Gasteiger partial charge in [0.05, 0.1) is 18.6 Å². The molecule has 0 bridgehead atoms. The number of para-hydroxylation sites is 1. The molecule has 0 fully saturated rings. The van der Waals surface area contributed by atoms with Gasteiger partial charge in [0.15, 0.2) is 11.2 Å². The van der Waals surface area contributed by atoms with E-state index in [0.29, 0.717) is 42.5 Å². The van der Waals surface area contributed by atoms with Gasteiger partial charge in [-0.25, -0.2) is 14.3 Å². The molecule has 0 saturated heterocycles. The van der Waals surface area contributed by atoms with Gasteiger partial charge in [-0.15, -0.1) is 0 Å². The Morgan fingerprint density at radius 2 is 1.64 bits per heavy atom. The summed E-state index contributed by atoms with van der Waals surface area (Å²) in [5.74, 6) is 1.29. The standard InChI is InChI=1S/C26H30N4O3/c1-18(2)16-29-25(31)23-24(27-17-28(23)14-15-33-22-8-6-5-7-9-22)30(26(29)32)21-12-10-20(11-13-21)19(3)4/h5-13,17-19H,14-16H2,1-4H3. The van der Waals surface area contributed by atoms with Crippen LogP contribution in [-0.2, 0) is 13.1 Å². The second-order valence-electron chi connectivity index (χ2n) is 8.95. The summed E-state index contributed by atoms with van der Waals surface area (Å²) in [6.45, 7) is 9.38. The lowest BCUT2D eigenvalue weighted by atomic mass is 10.0. The number of aromatic nitrogens is 4. The summed E-state index contributed by atoms with van der Waals surface area (Å²) in [4.78, 5) is 31.3. The van der Waals surface area contributed by atoms with Crippen LogP contribution in [0.25, 0.3) is 16.9 Å². The zero-order valence-electron chi connectivity index (χ0n) is 19.6. The summed E-state index contributed by atoms with van der Waals surface area (Å²) in [6, 6.07) is 17.4. The predicted octanol–water partition coefficient (Wildman–Crippen LogP) is 4.21. The summed E-state index contributed by atoms with van der Waals surface area (Å²) < 4.78 is 10.4. The third kappa shape index (κ3) is 4.62. The molecule has 4 rings (SSSR count). The van der Waals surface area contributed by atoms with Crippen LogP contribution in [0.15, 0.2) is 70.5 Å². The molecular formula is C26H30N4O3. The Morgan fingerprint density at radius 1 is 0.939 bits per heavy atom. The van der Waals surface area contributed by atoms with Gasteiger partial charge < -0.3 is 9.30 Å². The highest BCUT2D eigenvalue weighted by molar-refractivity contribution is 5.72. The van der Waals surface area contributed by atoms with Gasteiger partial charge >= 0.3 is 5.69 Å². The molecule has 7 nitrogen and oxygen atoms in total. The second-order valence-corrected chi connectivity index (χ2v) is 8.95. The first-order valence-electron chi connectivity index (χ1n) is 11.4. The number of benzene rings is 2. The molecule has 4 aromatic rings. The van der Waals surface area contributed by atoms with Gasteiger partial charge in [0.1, 0.15) is 12.4 Å². The van der Waals surface area contributed by atoms with Gasteiger partial charge in [-0.05, 0) is 41.7 Å². The minimum absolute atomic E-state index is 0.141. The van der Waals surface area contributed by atoms with Crippen molar-refractivity contribution >= 4 is 11.2 Å². The van der Waals surface area contributed by atoms with Crippen LogP contribution >= 0.6 is 0 Å². The monoisotopic (exact) mass is 446 g/mol. The Bertz CT molecular complexity index is 1350. The average Bonchev–Trinajstić information content (AvgIpc) is 3.21. The highest BCUT2D eigenvalue weighted by Gasteiger charge is 2.20. The largest absolute Gasteiger partial charge is 0.492 e. The molecule has 0 spiro atoms. The molecule has 2 aromatic carbocycles. The second kappa shape index (κ2) is 9.48. The van der Waals surface area contributed by atoms with Crippen LogP contribution in [0.4, 0.5) is 0 Å². The van der Waals surface area contributed by atoms with Crippen LogP contribution in [0, 0.1) is 5.92 Å². The lowest BCUT2D eigenvalue weighted by Crippen LogP contribution is -2.41. The van der Waals surface area contributed by atoms with Crippen molar-refractivity contribution in [1.29, 1.82) is 0 Å². The Morgan fingerprint density at radius 3 is 2.27 bits per heavy atom. The van der Waals surface area contributed by atoms with Crippen molar-refractivity contribution in [3.05, 3.63) is 87.3 Å². The Balaban J connectivity index is 1.80. The molecule has 0 radical (unpaired) electrons. The fourth-order valence-corrected chi connectivity index (χ4v) is 3.90. The lowest BCUT2D eigenvalue weighted by molar-refractivity contribution is 0.300. The fourth-order valence-electron chi connectivity index (χ4n) is 3.90.